The number of nitrogens with zero attached hydrogens (tertiary/aromatic N) is 3. The van der Waals surface area contributed by atoms with Crippen molar-refractivity contribution in [3.8, 4) is 45.0 Å². The van der Waals surface area contributed by atoms with E-state index in [0.29, 0.717) is 0 Å². The van der Waals surface area contributed by atoms with Crippen LogP contribution in [0.25, 0.3) is 88.6 Å². The standard InChI is InChI=1S/C47H30FN3/c48-36-25-21-32(22-26-36)31-17-19-33(20-18-31)42-13-8-16-47(49-42)51-44-15-7-4-11-38(44)40-27-23-35(30-46(40)51)34-24-28-45-41(29-34)39-12-5-6-14-43(39)50(45)37-9-2-1-3-10-37/h1-30H. The molecular formula is C47H30FN3. The molecule has 240 valence electrons. The van der Waals surface area contributed by atoms with Crippen molar-refractivity contribution in [2.24, 2.45) is 0 Å². The van der Waals surface area contributed by atoms with Crippen LogP contribution in [0.5, 0.6) is 0 Å². The minimum atomic E-state index is -0.234. The quantitative estimate of drug-likeness (QED) is 0.181. The molecule has 0 spiro atoms. The van der Waals surface area contributed by atoms with Crippen LogP contribution in [-0.2, 0) is 0 Å². The number of halogens is 1. The highest BCUT2D eigenvalue weighted by molar-refractivity contribution is 6.12. The number of para-hydroxylation sites is 3. The average Bonchev–Trinajstić information content (AvgIpc) is 3.71. The summed E-state index contributed by atoms with van der Waals surface area (Å²) in [6, 6.07) is 62.5. The van der Waals surface area contributed by atoms with Gasteiger partial charge in [0.25, 0.3) is 0 Å². The average molecular weight is 656 g/mol. The van der Waals surface area contributed by atoms with Crippen LogP contribution < -0.4 is 0 Å². The Balaban J connectivity index is 1.10. The fourth-order valence-electron chi connectivity index (χ4n) is 7.59. The minimum absolute atomic E-state index is 0.234. The molecule has 0 bridgehead atoms. The van der Waals surface area contributed by atoms with Crippen LogP contribution in [0, 0.1) is 5.82 Å². The molecule has 3 nitrogen and oxygen atoms in total. The van der Waals surface area contributed by atoms with E-state index in [-0.39, 0.29) is 5.82 Å². The molecule has 4 heteroatoms. The SMILES string of the molecule is Fc1ccc(-c2ccc(-c3cccc(-n4c5ccccc5c5ccc(-c6ccc7c(c6)c6ccccc6n7-c6ccccc6)cc54)n3)cc2)cc1. The molecule has 0 saturated carbocycles. The van der Waals surface area contributed by atoms with Crippen LogP contribution in [0.2, 0.25) is 0 Å². The molecule has 0 fully saturated rings. The van der Waals surface area contributed by atoms with E-state index >= 15 is 0 Å². The van der Waals surface area contributed by atoms with Crippen molar-refractivity contribution in [1.29, 1.82) is 0 Å². The number of benzene rings is 7. The van der Waals surface area contributed by atoms with E-state index in [2.05, 4.69) is 167 Å². The number of rotatable bonds is 5. The summed E-state index contributed by atoms with van der Waals surface area (Å²) >= 11 is 0. The maximum Gasteiger partial charge on any atom is 0.138 e. The van der Waals surface area contributed by atoms with E-state index < -0.39 is 0 Å². The highest BCUT2D eigenvalue weighted by atomic mass is 19.1. The second kappa shape index (κ2) is 11.7. The molecule has 0 unspecified atom stereocenters. The lowest BCUT2D eigenvalue weighted by Crippen LogP contribution is -1.98. The van der Waals surface area contributed by atoms with E-state index in [1.54, 1.807) is 12.1 Å². The number of fused-ring (bicyclic) bond motifs is 6. The van der Waals surface area contributed by atoms with Gasteiger partial charge in [-0.3, -0.25) is 4.57 Å². The minimum Gasteiger partial charge on any atom is -0.309 e. The van der Waals surface area contributed by atoms with E-state index in [0.717, 1.165) is 50.5 Å². The van der Waals surface area contributed by atoms with Gasteiger partial charge in [-0.05, 0) is 89.0 Å². The van der Waals surface area contributed by atoms with Crippen LogP contribution in [0.1, 0.15) is 0 Å². The summed E-state index contributed by atoms with van der Waals surface area (Å²) in [6.45, 7) is 0. The second-order valence-electron chi connectivity index (χ2n) is 13.0. The number of hydrogen-bond acceptors (Lipinski definition) is 1. The Kier molecular flexibility index (Phi) is 6.68. The maximum atomic E-state index is 13.5. The third-order valence-corrected chi connectivity index (χ3v) is 10.0. The summed E-state index contributed by atoms with van der Waals surface area (Å²) < 4.78 is 18.1. The van der Waals surface area contributed by atoms with Gasteiger partial charge in [-0.25, -0.2) is 9.37 Å². The lowest BCUT2D eigenvalue weighted by Gasteiger charge is -2.11. The van der Waals surface area contributed by atoms with Crippen LogP contribution >= 0.6 is 0 Å². The molecule has 0 saturated heterocycles. The molecule has 0 N–H and O–H groups in total. The fraction of sp³-hybridized carbons (Fsp3) is 0. The van der Waals surface area contributed by atoms with Gasteiger partial charge in [0.05, 0.1) is 27.8 Å². The van der Waals surface area contributed by atoms with Gasteiger partial charge in [0.2, 0.25) is 0 Å². The summed E-state index contributed by atoms with van der Waals surface area (Å²) in [5.41, 5.74) is 12.0. The van der Waals surface area contributed by atoms with Gasteiger partial charge in [0.1, 0.15) is 11.6 Å². The van der Waals surface area contributed by atoms with Crippen molar-refractivity contribution < 1.29 is 4.39 Å². The Morgan fingerprint density at radius 2 is 0.902 bits per heavy atom. The van der Waals surface area contributed by atoms with Gasteiger partial charge in [-0.2, -0.15) is 0 Å². The Bertz CT molecular complexity index is 2900. The first kappa shape index (κ1) is 29.2. The topological polar surface area (TPSA) is 22.8 Å². The molecular weight excluding hydrogens is 626 g/mol. The molecule has 10 aromatic rings. The van der Waals surface area contributed by atoms with E-state index in [4.69, 9.17) is 4.98 Å². The van der Waals surface area contributed by atoms with E-state index in [9.17, 15) is 4.39 Å². The summed E-state index contributed by atoms with van der Waals surface area (Å²) in [5, 5.41) is 4.84. The van der Waals surface area contributed by atoms with Gasteiger partial charge < -0.3 is 4.57 Å². The molecule has 0 atom stereocenters. The highest BCUT2D eigenvalue weighted by Gasteiger charge is 2.17. The first-order chi connectivity index (χ1) is 25.2. The predicted molar refractivity (Wildman–Crippen MR) is 209 cm³/mol. The van der Waals surface area contributed by atoms with Crippen molar-refractivity contribution in [1.82, 2.24) is 14.1 Å². The van der Waals surface area contributed by atoms with Crippen molar-refractivity contribution in [2.45, 2.75) is 0 Å². The highest BCUT2D eigenvalue weighted by Crippen LogP contribution is 2.38. The lowest BCUT2D eigenvalue weighted by atomic mass is 10.0. The molecule has 0 radical (unpaired) electrons. The third kappa shape index (κ3) is 4.84. The Morgan fingerprint density at radius 1 is 0.353 bits per heavy atom. The number of aromatic nitrogens is 3. The Morgan fingerprint density at radius 3 is 1.67 bits per heavy atom. The molecule has 3 aromatic heterocycles. The first-order valence-corrected chi connectivity index (χ1v) is 17.2. The normalized spacial score (nSPS) is 11.6. The molecule has 0 aliphatic carbocycles. The number of hydrogen-bond donors (Lipinski definition) is 0. The van der Waals surface area contributed by atoms with E-state index in [1.165, 1.54) is 50.3 Å². The van der Waals surface area contributed by atoms with Crippen LogP contribution in [0.15, 0.2) is 182 Å². The summed E-state index contributed by atoms with van der Waals surface area (Å²) in [6.07, 6.45) is 0. The zero-order valence-electron chi connectivity index (χ0n) is 27.5. The molecule has 0 amide bonds. The fourth-order valence-corrected chi connectivity index (χ4v) is 7.59. The molecule has 10 rings (SSSR count). The first-order valence-electron chi connectivity index (χ1n) is 17.2. The van der Waals surface area contributed by atoms with Crippen molar-refractivity contribution in [3.05, 3.63) is 188 Å². The maximum absolute atomic E-state index is 13.5. The van der Waals surface area contributed by atoms with Crippen molar-refractivity contribution in [2.75, 3.05) is 0 Å². The van der Waals surface area contributed by atoms with Crippen LogP contribution in [0.4, 0.5) is 4.39 Å². The van der Waals surface area contributed by atoms with Gasteiger partial charge in [0, 0.05) is 32.8 Å². The molecule has 0 aliphatic rings. The summed E-state index contributed by atoms with van der Waals surface area (Å²) in [5.74, 6) is 0.627. The largest absolute Gasteiger partial charge is 0.309 e. The zero-order valence-corrected chi connectivity index (χ0v) is 27.5. The van der Waals surface area contributed by atoms with Gasteiger partial charge in [-0.15, -0.1) is 0 Å². The van der Waals surface area contributed by atoms with Gasteiger partial charge >= 0.3 is 0 Å². The van der Waals surface area contributed by atoms with Gasteiger partial charge in [0.15, 0.2) is 0 Å². The van der Waals surface area contributed by atoms with Crippen molar-refractivity contribution in [3.63, 3.8) is 0 Å². The monoisotopic (exact) mass is 655 g/mol. The van der Waals surface area contributed by atoms with Crippen molar-refractivity contribution >= 4 is 43.6 Å². The lowest BCUT2D eigenvalue weighted by molar-refractivity contribution is 0.628. The smallest absolute Gasteiger partial charge is 0.138 e. The summed E-state index contributed by atoms with van der Waals surface area (Å²) in [7, 11) is 0. The molecule has 51 heavy (non-hydrogen) atoms. The van der Waals surface area contributed by atoms with E-state index in [1.807, 2.05) is 0 Å². The third-order valence-electron chi connectivity index (χ3n) is 10.0. The Hall–Kier alpha value is -6.78. The Labute approximate surface area is 294 Å². The van der Waals surface area contributed by atoms with Crippen LogP contribution in [0.3, 0.4) is 0 Å². The molecule has 3 heterocycles. The summed E-state index contributed by atoms with van der Waals surface area (Å²) in [4.78, 5) is 5.22. The van der Waals surface area contributed by atoms with Gasteiger partial charge in [-0.1, -0.05) is 115 Å². The number of pyridine rings is 1. The predicted octanol–water partition coefficient (Wildman–Crippen LogP) is 12.4. The second-order valence-corrected chi connectivity index (χ2v) is 13.0. The van der Waals surface area contributed by atoms with Crippen LogP contribution in [-0.4, -0.2) is 14.1 Å². The molecule has 7 aromatic carbocycles. The molecule has 0 aliphatic heterocycles. The zero-order chi connectivity index (χ0) is 33.9.